The molecule has 0 aromatic carbocycles. The molecule has 2 rings (SSSR count). The van der Waals surface area contributed by atoms with Gasteiger partial charge in [0.2, 0.25) is 11.8 Å². The van der Waals surface area contributed by atoms with Crippen LogP contribution in [-0.2, 0) is 9.59 Å². The fourth-order valence-electron chi connectivity index (χ4n) is 3.32. The monoisotopic (exact) mass is 280 g/mol. The van der Waals surface area contributed by atoms with Crippen LogP contribution in [-0.4, -0.2) is 35.3 Å². The summed E-state index contributed by atoms with van der Waals surface area (Å²) in [6, 6.07) is -0.0946. The van der Waals surface area contributed by atoms with Gasteiger partial charge in [-0.05, 0) is 38.1 Å². The van der Waals surface area contributed by atoms with E-state index < -0.39 is 0 Å². The van der Waals surface area contributed by atoms with Crippen LogP contribution < -0.4 is 5.32 Å². The number of nitrogens with zero attached hydrogens (tertiary/aromatic N) is 1. The topological polar surface area (TPSA) is 49.4 Å². The van der Waals surface area contributed by atoms with Crippen molar-refractivity contribution in [1.82, 2.24) is 10.2 Å². The molecular weight excluding hydrogens is 252 g/mol. The Labute approximate surface area is 122 Å². The van der Waals surface area contributed by atoms with Crippen molar-refractivity contribution in [1.29, 1.82) is 0 Å². The van der Waals surface area contributed by atoms with Crippen molar-refractivity contribution in [2.75, 3.05) is 6.54 Å². The molecule has 20 heavy (non-hydrogen) atoms. The predicted molar refractivity (Wildman–Crippen MR) is 79.2 cm³/mol. The Bertz CT molecular complexity index is 348. The molecule has 2 fully saturated rings. The van der Waals surface area contributed by atoms with Gasteiger partial charge in [0.1, 0.15) is 0 Å². The van der Waals surface area contributed by atoms with Crippen LogP contribution in [0.2, 0.25) is 0 Å². The lowest BCUT2D eigenvalue weighted by Gasteiger charge is -2.29. The van der Waals surface area contributed by atoms with E-state index in [1.807, 2.05) is 0 Å². The number of imide groups is 1. The molecule has 1 aliphatic carbocycles. The summed E-state index contributed by atoms with van der Waals surface area (Å²) < 4.78 is 0. The molecular formula is C16H28N2O2. The van der Waals surface area contributed by atoms with Crippen LogP contribution in [0.25, 0.3) is 0 Å². The molecule has 0 radical (unpaired) electrons. The second-order valence-corrected chi connectivity index (χ2v) is 6.64. The Hall–Kier alpha value is -0.900. The molecule has 114 valence electrons. The van der Waals surface area contributed by atoms with E-state index in [9.17, 15) is 9.59 Å². The Morgan fingerprint density at radius 3 is 2.55 bits per heavy atom. The van der Waals surface area contributed by atoms with Crippen LogP contribution in [0.3, 0.4) is 0 Å². The van der Waals surface area contributed by atoms with Crippen molar-refractivity contribution >= 4 is 11.8 Å². The third-order valence-electron chi connectivity index (χ3n) is 4.47. The molecule has 1 aliphatic heterocycles. The number of rotatable bonds is 6. The molecule has 1 heterocycles. The van der Waals surface area contributed by atoms with E-state index in [0.717, 1.165) is 45.1 Å². The van der Waals surface area contributed by atoms with E-state index >= 15 is 0 Å². The molecule has 0 aromatic rings. The summed E-state index contributed by atoms with van der Waals surface area (Å²) in [5.74, 6) is 0.742. The van der Waals surface area contributed by atoms with Crippen LogP contribution in [0.4, 0.5) is 0 Å². The lowest BCUT2D eigenvalue weighted by Crippen LogP contribution is -2.44. The van der Waals surface area contributed by atoms with Crippen molar-refractivity contribution in [3.8, 4) is 0 Å². The predicted octanol–water partition coefficient (Wildman–Crippen LogP) is 2.47. The van der Waals surface area contributed by atoms with Crippen molar-refractivity contribution in [3.05, 3.63) is 0 Å². The molecule has 2 aliphatic rings. The van der Waals surface area contributed by atoms with E-state index in [1.54, 1.807) is 4.90 Å². The highest BCUT2D eigenvalue weighted by Gasteiger charge is 2.42. The first kappa shape index (κ1) is 15.5. The van der Waals surface area contributed by atoms with Gasteiger partial charge in [-0.15, -0.1) is 0 Å². The Morgan fingerprint density at radius 1 is 1.20 bits per heavy atom. The normalized spacial score (nSPS) is 24.9. The fourth-order valence-corrected chi connectivity index (χ4v) is 3.32. The van der Waals surface area contributed by atoms with Gasteiger partial charge in [0.15, 0.2) is 0 Å². The number of likely N-dealkylation sites (tertiary alicyclic amines) is 1. The summed E-state index contributed by atoms with van der Waals surface area (Å²) in [7, 11) is 0. The van der Waals surface area contributed by atoms with Gasteiger partial charge in [-0.2, -0.15) is 0 Å². The summed E-state index contributed by atoms with van der Waals surface area (Å²) in [6.07, 6.45) is 8.12. The second kappa shape index (κ2) is 7.21. The molecule has 1 unspecified atom stereocenters. The van der Waals surface area contributed by atoms with E-state index in [-0.39, 0.29) is 23.9 Å². The SMILES string of the molecule is CC(C)CCCNC1CC(=O)N(C2CCCCC2)C1=O. The highest BCUT2D eigenvalue weighted by atomic mass is 16.2. The first-order chi connectivity index (χ1) is 9.59. The quantitative estimate of drug-likeness (QED) is 0.600. The number of carbonyl (C=O) groups excluding carboxylic acids is 2. The van der Waals surface area contributed by atoms with E-state index in [2.05, 4.69) is 19.2 Å². The van der Waals surface area contributed by atoms with Crippen LogP contribution in [0.1, 0.15) is 65.2 Å². The third kappa shape index (κ3) is 3.81. The van der Waals surface area contributed by atoms with Crippen LogP contribution in [0.5, 0.6) is 0 Å². The Kier molecular flexibility index (Phi) is 5.58. The van der Waals surface area contributed by atoms with Crippen molar-refractivity contribution in [2.45, 2.75) is 77.3 Å². The molecule has 0 bridgehead atoms. The van der Waals surface area contributed by atoms with Crippen molar-refractivity contribution < 1.29 is 9.59 Å². The number of hydrogen-bond acceptors (Lipinski definition) is 3. The van der Waals surface area contributed by atoms with Gasteiger partial charge >= 0.3 is 0 Å². The van der Waals surface area contributed by atoms with Crippen molar-refractivity contribution in [2.24, 2.45) is 5.92 Å². The first-order valence-electron chi connectivity index (χ1n) is 8.19. The summed E-state index contributed by atoms with van der Waals surface area (Å²) in [5.41, 5.74) is 0. The number of hydrogen-bond donors (Lipinski definition) is 1. The maximum atomic E-state index is 12.4. The molecule has 4 nitrogen and oxygen atoms in total. The summed E-state index contributed by atoms with van der Waals surface area (Å²) in [6.45, 7) is 5.24. The second-order valence-electron chi connectivity index (χ2n) is 6.64. The van der Waals surface area contributed by atoms with Gasteiger partial charge < -0.3 is 5.32 Å². The van der Waals surface area contributed by atoms with E-state index in [0.29, 0.717) is 12.3 Å². The smallest absolute Gasteiger partial charge is 0.247 e. The Morgan fingerprint density at radius 2 is 1.90 bits per heavy atom. The van der Waals surface area contributed by atoms with Crippen LogP contribution in [0, 0.1) is 5.92 Å². The standard InChI is InChI=1S/C16H28N2O2/c1-12(2)7-6-10-17-14-11-15(19)18(16(14)20)13-8-4-3-5-9-13/h12-14,17H,3-11H2,1-2H3. The highest BCUT2D eigenvalue weighted by Crippen LogP contribution is 2.27. The van der Waals surface area contributed by atoms with E-state index in [4.69, 9.17) is 0 Å². The molecule has 0 spiro atoms. The van der Waals surface area contributed by atoms with Gasteiger partial charge in [0.25, 0.3) is 0 Å². The average molecular weight is 280 g/mol. The summed E-state index contributed by atoms with van der Waals surface area (Å²) >= 11 is 0. The van der Waals surface area contributed by atoms with Gasteiger partial charge in [-0.3, -0.25) is 14.5 Å². The number of amides is 2. The van der Waals surface area contributed by atoms with Crippen molar-refractivity contribution in [3.63, 3.8) is 0 Å². The highest BCUT2D eigenvalue weighted by molar-refractivity contribution is 6.05. The molecule has 1 N–H and O–H groups in total. The molecule has 0 aromatic heterocycles. The largest absolute Gasteiger partial charge is 0.305 e. The third-order valence-corrected chi connectivity index (χ3v) is 4.47. The van der Waals surface area contributed by atoms with E-state index in [1.165, 1.54) is 6.42 Å². The van der Waals surface area contributed by atoms with Gasteiger partial charge in [0.05, 0.1) is 12.5 Å². The fraction of sp³-hybridized carbons (Fsp3) is 0.875. The average Bonchev–Trinajstić information content (AvgIpc) is 2.70. The number of nitrogens with one attached hydrogen (secondary N) is 1. The minimum Gasteiger partial charge on any atom is -0.305 e. The molecule has 1 saturated carbocycles. The minimum atomic E-state index is -0.267. The zero-order valence-corrected chi connectivity index (χ0v) is 12.9. The molecule has 2 amide bonds. The zero-order chi connectivity index (χ0) is 14.5. The zero-order valence-electron chi connectivity index (χ0n) is 12.9. The van der Waals surface area contributed by atoms with Crippen LogP contribution >= 0.6 is 0 Å². The molecule has 4 heteroatoms. The van der Waals surface area contributed by atoms with Gasteiger partial charge in [-0.25, -0.2) is 0 Å². The van der Waals surface area contributed by atoms with Gasteiger partial charge in [0, 0.05) is 6.04 Å². The van der Waals surface area contributed by atoms with Crippen LogP contribution in [0.15, 0.2) is 0 Å². The van der Waals surface area contributed by atoms with Gasteiger partial charge in [-0.1, -0.05) is 33.1 Å². The summed E-state index contributed by atoms with van der Waals surface area (Å²) in [5, 5.41) is 3.27. The maximum Gasteiger partial charge on any atom is 0.247 e. The first-order valence-corrected chi connectivity index (χ1v) is 8.19. The maximum absolute atomic E-state index is 12.4. The minimum absolute atomic E-state index is 0.0199. The lowest BCUT2D eigenvalue weighted by atomic mass is 9.94. The number of carbonyl (C=O) groups is 2. The molecule has 1 atom stereocenters. The lowest BCUT2D eigenvalue weighted by molar-refractivity contribution is -0.142. The molecule has 1 saturated heterocycles. The summed E-state index contributed by atoms with van der Waals surface area (Å²) in [4.78, 5) is 26.1. The Balaban J connectivity index is 1.81.